The molecule has 3 N–H and O–H groups in total. The standard InChI is InChI=1S/C22H20FN5O3.C2HF3O2/c23-18-5-2-1-4-16(18)20(29)26-15-6-7-19(17(14-15)21(30)31)27-10-12-28(13-11-27)22-24-8-3-9-25-22;3-2(4,5)1(6)7/h1-9,14H,10-13H2,(H,26,29)(H,30,31);(H,6,7). The summed E-state index contributed by atoms with van der Waals surface area (Å²) in [7, 11) is 0. The van der Waals surface area contributed by atoms with Crippen LogP contribution in [-0.4, -0.2) is 70.4 Å². The fraction of sp³-hybridized carbons (Fsp3) is 0.208. The second-order valence-corrected chi connectivity index (χ2v) is 7.80. The van der Waals surface area contributed by atoms with Crippen molar-refractivity contribution in [1.82, 2.24) is 9.97 Å². The molecular formula is C24H21F4N5O5. The van der Waals surface area contributed by atoms with Gasteiger partial charge in [-0.2, -0.15) is 13.2 Å². The maximum atomic E-state index is 13.8. The number of aliphatic carboxylic acids is 1. The van der Waals surface area contributed by atoms with E-state index in [9.17, 15) is 32.3 Å². The number of aromatic carboxylic acids is 1. The number of rotatable bonds is 5. The highest BCUT2D eigenvalue weighted by Crippen LogP contribution is 2.27. The highest BCUT2D eigenvalue weighted by molar-refractivity contribution is 6.05. The third-order valence-corrected chi connectivity index (χ3v) is 5.30. The highest BCUT2D eigenvalue weighted by Gasteiger charge is 2.38. The lowest BCUT2D eigenvalue weighted by Gasteiger charge is -2.36. The van der Waals surface area contributed by atoms with Crippen molar-refractivity contribution in [2.75, 3.05) is 41.3 Å². The van der Waals surface area contributed by atoms with Gasteiger partial charge in [0.2, 0.25) is 5.95 Å². The highest BCUT2D eigenvalue weighted by atomic mass is 19.4. The van der Waals surface area contributed by atoms with Gasteiger partial charge in [-0.3, -0.25) is 4.79 Å². The van der Waals surface area contributed by atoms with Crippen LogP contribution in [0.25, 0.3) is 0 Å². The summed E-state index contributed by atoms with van der Waals surface area (Å²) in [5.41, 5.74) is 0.800. The Morgan fingerprint density at radius 2 is 1.42 bits per heavy atom. The lowest BCUT2D eigenvalue weighted by Crippen LogP contribution is -2.47. The van der Waals surface area contributed by atoms with E-state index in [1.54, 1.807) is 36.7 Å². The minimum absolute atomic E-state index is 0.0655. The Bertz CT molecular complexity index is 1300. The van der Waals surface area contributed by atoms with Gasteiger partial charge in [-0.15, -0.1) is 0 Å². The van der Waals surface area contributed by atoms with Crippen molar-refractivity contribution in [2.45, 2.75) is 6.18 Å². The minimum Gasteiger partial charge on any atom is -0.478 e. The van der Waals surface area contributed by atoms with Gasteiger partial charge < -0.3 is 25.3 Å². The minimum atomic E-state index is -5.08. The first-order valence-corrected chi connectivity index (χ1v) is 11.0. The fourth-order valence-corrected chi connectivity index (χ4v) is 3.51. The van der Waals surface area contributed by atoms with Gasteiger partial charge in [0.1, 0.15) is 5.82 Å². The van der Waals surface area contributed by atoms with E-state index in [1.165, 1.54) is 24.3 Å². The Hall–Kier alpha value is -4.75. The number of benzene rings is 2. The molecular weight excluding hydrogens is 514 g/mol. The molecule has 200 valence electrons. The van der Waals surface area contributed by atoms with Crippen LogP contribution >= 0.6 is 0 Å². The average molecular weight is 535 g/mol. The van der Waals surface area contributed by atoms with E-state index < -0.39 is 29.8 Å². The largest absolute Gasteiger partial charge is 0.490 e. The molecule has 0 spiro atoms. The van der Waals surface area contributed by atoms with Gasteiger partial charge in [-0.05, 0) is 36.4 Å². The lowest BCUT2D eigenvalue weighted by molar-refractivity contribution is -0.192. The molecule has 0 atom stereocenters. The molecule has 0 bridgehead atoms. The molecule has 1 aliphatic rings. The number of amides is 1. The van der Waals surface area contributed by atoms with Crippen LogP contribution in [-0.2, 0) is 4.79 Å². The molecule has 3 aromatic rings. The number of nitrogens with zero attached hydrogens (tertiary/aromatic N) is 4. The molecule has 10 nitrogen and oxygen atoms in total. The molecule has 0 unspecified atom stereocenters. The molecule has 14 heteroatoms. The molecule has 2 heterocycles. The van der Waals surface area contributed by atoms with Crippen LogP contribution in [0.2, 0.25) is 0 Å². The van der Waals surface area contributed by atoms with E-state index in [0.717, 1.165) is 0 Å². The van der Waals surface area contributed by atoms with Crippen molar-refractivity contribution in [3.05, 3.63) is 77.9 Å². The fourth-order valence-electron chi connectivity index (χ4n) is 3.51. The van der Waals surface area contributed by atoms with Gasteiger partial charge in [-0.1, -0.05) is 12.1 Å². The zero-order chi connectivity index (χ0) is 27.9. The van der Waals surface area contributed by atoms with Crippen LogP contribution in [0, 0.1) is 5.82 Å². The van der Waals surface area contributed by atoms with E-state index in [-0.39, 0.29) is 16.8 Å². The van der Waals surface area contributed by atoms with Crippen molar-refractivity contribution in [3.63, 3.8) is 0 Å². The summed E-state index contributed by atoms with van der Waals surface area (Å²) in [6, 6.07) is 12.0. The summed E-state index contributed by atoms with van der Waals surface area (Å²) >= 11 is 0. The Morgan fingerprint density at radius 1 is 0.842 bits per heavy atom. The van der Waals surface area contributed by atoms with E-state index in [1.807, 2.05) is 9.80 Å². The first kappa shape index (κ1) is 27.8. The molecule has 38 heavy (non-hydrogen) atoms. The number of aromatic nitrogens is 2. The number of alkyl halides is 3. The van der Waals surface area contributed by atoms with Crippen LogP contribution in [0.5, 0.6) is 0 Å². The van der Waals surface area contributed by atoms with Crippen molar-refractivity contribution in [2.24, 2.45) is 0 Å². The van der Waals surface area contributed by atoms with Gasteiger partial charge in [0.25, 0.3) is 5.91 Å². The maximum absolute atomic E-state index is 13.8. The van der Waals surface area contributed by atoms with E-state index in [4.69, 9.17) is 9.90 Å². The van der Waals surface area contributed by atoms with Gasteiger partial charge in [0, 0.05) is 44.3 Å². The van der Waals surface area contributed by atoms with Crippen molar-refractivity contribution in [3.8, 4) is 0 Å². The summed E-state index contributed by atoms with van der Waals surface area (Å²) in [5, 5.41) is 19.4. The van der Waals surface area contributed by atoms with Gasteiger partial charge in [0.05, 0.1) is 16.8 Å². The van der Waals surface area contributed by atoms with Gasteiger partial charge in [0.15, 0.2) is 0 Å². The van der Waals surface area contributed by atoms with E-state index >= 15 is 0 Å². The Kier molecular flexibility index (Phi) is 8.78. The average Bonchev–Trinajstić information content (AvgIpc) is 2.89. The number of hydrogen-bond donors (Lipinski definition) is 3. The predicted molar refractivity (Wildman–Crippen MR) is 128 cm³/mol. The van der Waals surface area contributed by atoms with E-state index in [2.05, 4.69) is 15.3 Å². The molecule has 4 rings (SSSR count). The zero-order valence-electron chi connectivity index (χ0n) is 19.5. The molecule has 1 aromatic heterocycles. The van der Waals surface area contributed by atoms with Crippen molar-refractivity contribution >= 4 is 35.2 Å². The second kappa shape index (κ2) is 12.0. The number of carboxylic acid groups (broad SMARTS) is 2. The molecule has 1 aliphatic heterocycles. The third kappa shape index (κ3) is 7.15. The number of carbonyl (C=O) groups is 3. The summed E-state index contributed by atoms with van der Waals surface area (Å²) in [6.07, 6.45) is -1.71. The van der Waals surface area contributed by atoms with Crippen LogP contribution in [0.15, 0.2) is 60.9 Å². The first-order valence-electron chi connectivity index (χ1n) is 11.0. The molecule has 0 saturated carbocycles. The van der Waals surface area contributed by atoms with Gasteiger partial charge in [-0.25, -0.2) is 23.9 Å². The zero-order valence-corrected chi connectivity index (χ0v) is 19.5. The summed E-state index contributed by atoms with van der Waals surface area (Å²) < 4.78 is 45.6. The predicted octanol–water partition coefficient (Wildman–Crippen LogP) is 3.53. The molecule has 1 saturated heterocycles. The number of hydrogen-bond acceptors (Lipinski definition) is 7. The normalized spacial score (nSPS) is 13.3. The number of nitrogens with one attached hydrogen (secondary N) is 1. The second-order valence-electron chi connectivity index (χ2n) is 7.80. The molecule has 2 aromatic carbocycles. The van der Waals surface area contributed by atoms with Crippen molar-refractivity contribution < 1.29 is 42.2 Å². The number of carboxylic acids is 2. The molecule has 0 aliphatic carbocycles. The Labute approximate surface area is 213 Å². The summed E-state index contributed by atoms with van der Waals surface area (Å²) in [4.78, 5) is 45.6. The number of anilines is 3. The van der Waals surface area contributed by atoms with Gasteiger partial charge >= 0.3 is 18.1 Å². The quantitative estimate of drug-likeness (QED) is 0.419. The molecule has 1 amide bonds. The lowest BCUT2D eigenvalue weighted by atomic mass is 10.1. The Morgan fingerprint density at radius 3 is 1.97 bits per heavy atom. The number of halogens is 4. The number of carbonyl (C=O) groups excluding carboxylic acids is 1. The maximum Gasteiger partial charge on any atom is 0.490 e. The number of piperazine rings is 1. The third-order valence-electron chi connectivity index (χ3n) is 5.30. The van der Waals surface area contributed by atoms with Crippen LogP contribution in [0.4, 0.5) is 34.9 Å². The Balaban J connectivity index is 0.000000505. The summed E-state index contributed by atoms with van der Waals surface area (Å²) in [5.74, 6) is -4.50. The topological polar surface area (TPSA) is 136 Å². The first-order chi connectivity index (χ1) is 18.0. The molecule has 1 fully saturated rings. The van der Waals surface area contributed by atoms with Crippen LogP contribution in [0.1, 0.15) is 20.7 Å². The van der Waals surface area contributed by atoms with Crippen molar-refractivity contribution in [1.29, 1.82) is 0 Å². The molecule has 0 radical (unpaired) electrons. The van der Waals surface area contributed by atoms with Crippen LogP contribution < -0.4 is 15.1 Å². The van der Waals surface area contributed by atoms with Crippen LogP contribution in [0.3, 0.4) is 0 Å². The monoisotopic (exact) mass is 535 g/mol. The van der Waals surface area contributed by atoms with E-state index in [0.29, 0.717) is 37.8 Å². The smallest absolute Gasteiger partial charge is 0.478 e. The summed E-state index contributed by atoms with van der Waals surface area (Å²) in [6.45, 7) is 2.49. The SMILES string of the molecule is O=C(Nc1ccc(N2CCN(c3ncccn3)CC2)c(C(=O)O)c1)c1ccccc1F.O=C(O)C(F)(F)F.